The zero-order valence-electron chi connectivity index (χ0n) is 15.9. The predicted molar refractivity (Wildman–Crippen MR) is 113 cm³/mol. The number of anilines is 2. The molecular weight excluding hydrogens is 447 g/mol. The lowest BCUT2D eigenvalue weighted by Crippen LogP contribution is -2.13. The molecule has 0 amide bonds. The number of carboxylic acid groups (broad SMARTS) is 1. The molecule has 8 nitrogen and oxygen atoms in total. The van der Waals surface area contributed by atoms with Crippen molar-refractivity contribution in [2.75, 3.05) is 5.32 Å². The summed E-state index contributed by atoms with van der Waals surface area (Å²) < 4.78 is 41.2. The molecule has 0 aliphatic rings. The maximum atomic E-state index is 14.0. The average Bonchev–Trinajstić information content (AvgIpc) is 3.13. The van der Waals surface area contributed by atoms with E-state index in [0.717, 1.165) is 15.6 Å². The summed E-state index contributed by atoms with van der Waals surface area (Å²) >= 11 is 6.01. The molecule has 2 aromatic carbocycles. The first-order chi connectivity index (χ1) is 14.7. The third-order valence-electron chi connectivity index (χ3n) is 4.54. The van der Waals surface area contributed by atoms with Crippen molar-refractivity contribution >= 4 is 50.1 Å². The number of fused-ring (bicyclic) bond motifs is 1. The Kier molecular flexibility index (Phi) is 5.11. The van der Waals surface area contributed by atoms with Crippen LogP contribution in [0, 0.1) is 12.7 Å². The lowest BCUT2D eigenvalue weighted by Gasteiger charge is -2.11. The van der Waals surface area contributed by atoms with E-state index in [2.05, 4.69) is 15.3 Å². The Morgan fingerprint density at radius 1 is 1.13 bits per heavy atom. The number of benzene rings is 2. The number of halogens is 2. The van der Waals surface area contributed by atoms with E-state index in [9.17, 15) is 22.7 Å². The summed E-state index contributed by atoms with van der Waals surface area (Å²) in [6, 6.07) is 11.4. The monoisotopic (exact) mass is 460 g/mol. The van der Waals surface area contributed by atoms with Gasteiger partial charge in [-0.1, -0.05) is 23.8 Å². The summed E-state index contributed by atoms with van der Waals surface area (Å²) in [5, 5.41) is 12.0. The van der Waals surface area contributed by atoms with Crippen molar-refractivity contribution in [3.05, 3.63) is 77.0 Å². The quantitative estimate of drug-likeness (QED) is 0.429. The second-order valence-electron chi connectivity index (χ2n) is 6.60. The molecule has 158 valence electrons. The zero-order valence-corrected chi connectivity index (χ0v) is 17.4. The molecule has 0 saturated carbocycles. The van der Waals surface area contributed by atoms with Gasteiger partial charge in [-0.15, -0.1) is 0 Å². The average molecular weight is 461 g/mol. The lowest BCUT2D eigenvalue weighted by atomic mass is 10.1. The Morgan fingerprint density at radius 2 is 1.84 bits per heavy atom. The fourth-order valence-corrected chi connectivity index (χ4v) is 4.51. The van der Waals surface area contributed by atoms with Crippen LogP contribution in [-0.2, 0) is 10.0 Å². The Morgan fingerprint density at radius 3 is 2.52 bits per heavy atom. The molecule has 31 heavy (non-hydrogen) atoms. The van der Waals surface area contributed by atoms with E-state index < -0.39 is 27.4 Å². The van der Waals surface area contributed by atoms with Gasteiger partial charge in [0.25, 0.3) is 10.0 Å². The number of nitrogens with zero attached hydrogens (tertiary/aromatic N) is 3. The Balaban J connectivity index is 1.86. The van der Waals surface area contributed by atoms with E-state index in [0.29, 0.717) is 0 Å². The van der Waals surface area contributed by atoms with Crippen LogP contribution < -0.4 is 5.32 Å². The maximum absolute atomic E-state index is 14.0. The highest BCUT2D eigenvalue weighted by atomic mass is 35.5. The molecule has 0 unspecified atom stereocenters. The van der Waals surface area contributed by atoms with Crippen molar-refractivity contribution in [1.82, 2.24) is 13.9 Å². The molecular formula is C20H14ClFN4O4S. The van der Waals surface area contributed by atoms with Crippen molar-refractivity contribution in [3.63, 3.8) is 0 Å². The molecule has 0 saturated heterocycles. The van der Waals surface area contributed by atoms with Crippen LogP contribution in [0.3, 0.4) is 0 Å². The van der Waals surface area contributed by atoms with Gasteiger partial charge in [-0.05, 0) is 48.9 Å². The first-order valence-electron chi connectivity index (χ1n) is 8.84. The van der Waals surface area contributed by atoms with Crippen LogP contribution in [0.5, 0.6) is 0 Å². The van der Waals surface area contributed by atoms with Gasteiger partial charge in [-0.2, -0.15) is 9.97 Å². The van der Waals surface area contributed by atoms with Crippen LogP contribution in [0.2, 0.25) is 5.28 Å². The largest absolute Gasteiger partial charge is 0.478 e. The molecule has 0 atom stereocenters. The smallest absolute Gasteiger partial charge is 0.340 e. The van der Waals surface area contributed by atoms with Crippen molar-refractivity contribution in [3.8, 4) is 0 Å². The Hall–Kier alpha value is -3.50. The summed E-state index contributed by atoms with van der Waals surface area (Å²) in [5.74, 6) is -2.38. The van der Waals surface area contributed by atoms with Gasteiger partial charge in [0.15, 0.2) is 5.65 Å². The van der Waals surface area contributed by atoms with Crippen LogP contribution >= 0.6 is 11.6 Å². The topological polar surface area (TPSA) is 114 Å². The van der Waals surface area contributed by atoms with Crippen molar-refractivity contribution in [2.45, 2.75) is 11.8 Å². The van der Waals surface area contributed by atoms with Crippen molar-refractivity contribution in [2.24, 2.45) is 0 Å². The Labute approximate surface area is 181 Å². The van der Waals surface area contributed by atoms with E-state index in [1.807, 2.05) is 6.92 Å². The van der Waals surface area contributed by atoms with E-state index in [1.165, 1.54) is 36.5 Å². The number of carbonyl (C=O) groups is 1. The van der Waals surface area contributed by atoms with Gasteiger partial charge >= 0.3 is 5.97 Å². The van der Waals surface area contributed by atoms with Gasteiger partial charge in [0.1, 0.15) is 17.2 Å². The minimum absolute atomic E-state index is 0.0173. The SMILES string of the molecule is Cc1ccc(S(=O)(=O)n2ccc3c(Nc4cccc(F)c4C(=O)O)nc(Cl)nc32)cc1. The standard InChI is InChI=1S/C20H14ClFN4O4S/c1-11-5-7-12(8-6-11)31(29,30)26-10-9-13-17(24-20(21)25-18(13)26)23-15-4-2-3-14(22)16(15)19(27)28/h2-10H,1H3,(H,27,28)(H,23,24,25). The molecule has 0 bridgehead atoms. The van der Waals surface area contributed by atoms with E-state index in [-0.39, 0.29) is 32.7 Å². The minimum Gasteiger partial charge on any atom is -0.478 e. The molecule has 2 aromatic heterocycles. The molecule has 4 aromatic rings. The van der Waals surface area contributed by atoms with Crippen LogP contribution in [0.1, 0.15) is 15.9 Å². The van der Waals surface area contributed by atoms with E-state index >= 15 is 0 Å². The molecule has 0 aliphatic carbocycles. The molecule has 4 rings (SSSR count). The molecule has 0 fully saturated rings. The van der Waals surface area contributed by atoms with Crippen LogP contribution in [0.4, 0.5) is 15.9 Å². The number of aromatic nitrogens is 3. The molecule has 2 heterocycles. The van der Waals surface area contributed by atoms with Crippen LogP contribution in [-0.4, -0.2) is 33.4 Å². The number of rotatable bonds is 5. The highest BCUT2D eigenvalue weighted by molar-refractivity contribution is 7.90. The normalized spacial score (nSPS) is 11.6. The number of aryl methyl sites for hydroxylation is 1. The Bertz CT molecular complexity index is 1440. The highest BCUT2D eigenvalue weighted by Crippen LogP contribution is 2.30. The summed E-state index contributed by atoms with van der Waals surface area (Å²) in [6.07, 6.45) is 1.29. The summed E-state index contributed by atoms with van der Waals surface area (Å²) in [7, 11) is -3.99. The molecule has 2 N–H and O–H groups in total. The van der Waals surface area contributed by atoms with Gasteiger partial charge in [0.05, 0.1) is 16.0 Å². The minimum atomic E-state index is -3.99. The first-order valence-corrected chi connectivity index (χ1v) is 10.7. The zero-order chi connectivity index (χ0) is 22.3. The number of hydrogen-bond acceptors (Lipinski definition) is 6. The predicted octanol–water partition coefficient (Wildman–Crippen LogP) is 4.21. The highest BCUT2D eigenvalue weighted by Gasteiger charge is 2.23. The third-order valence-corrected chi connectivity index (χ3v) is 6.39. The van der Waals surface area contributed by atoms with Gasteiger partial charge in [-0.25, -0.2) is 21.6 Å². The van der Waals surface area contributed by atoms with Gasteiger partial charge in [0, 0.05) is 6.20 Å². The molecule has 11 heteroatoms. The fourth-order valence-electron chi connectivity index (χ4n) is 3.05. The van der Waals surface area contributed by atoms with Gasteiger partial charge in [0.2, 0.25) is 5.28 Å². The third kappa shape index (κ3) is 3.71. The maximum Gasteiger partial charge on any atom is 0.340 e. The fraction of sp³-hybridized carbons (Fsp3) is 0.0500. The van der Waals surface area contributed by atoms with E-state index in [1.54, 1.807) is 12.1 Å². The summed E-state index contributed by atoms with van der Waals surface area (Å²) in [4.78, 5) is 19.6. The van der Waals surface area contributed by atoms with Crippen molar-refractivity contribution < 1.29 is 22.7 Å². The lowest BCUT2D eigenvalue weighted by molar-refractivity contribution is 0.0693. The van der Waals surface area contributed by atoms with Crippen LogP contribution in [0.15, 0.2) is 59.6 Å². The first kappa shape index (κ1) is 20.8. The summed E-state index contributed by atoms with van der Waals surface area (Å²) in [6.45, 7) is 1.84. The molecule has 0 radical (unpaired) electrons. The van der Waals surface area contributed by atoms with Crippen molar-refractivity contribution in [1.29, 1.82) is 0 Å². The van der Waals surface area contributed by atoms with Gasteiger partial charge in [-0.3, -0.25) is 0 Å². The molecule has 0 aliphatic heterocycles. The van der Waals surface area contributed by atoms with Gasteiger partial charge < -0.3 is 10.4 Å². The summed E-state index contributed by atoms with van der Waals surface area (Å²) in [5.41, 5.74) is 0.226. The number of carboxylic acids is 1. The molecule has 0 spiro atoms. The second-order valence-corrected chi connectivity index (χ2v) is 8.75. The van der Waals surface area contributed by atoms with Crippen LogP contribution in [0.25, 0.3) is 11.0 Å². The second kappa shape index (κ2) is 7.64. The van der Waals surface area contributed by atoms with E-state index in [4.69, 9.17) is 11.6 Å². The number of nitrogens with one attached hydrogen (secondary N) is 1. The number of aromatic carboxylic acids is 1. The number of hydrogen-bond donors (Lipinski definition) is 2.